The van der Waals surface area contributed by atoms with Gasteiger partial charge in [-0.1, -0.05) is 30.3 Å². The van der Waals surface area contributed by atoms with Gasteiger partial charge in [0.25, 0.3) is 5.91 Å². The molecular weight excluding hydrogens is 414 g/mol. The number of methoxy groups -OCH3 is 1. The summed E-state index contributed by atoms with van der Waals surface area (Å²) in [6, 6.07) is 17.0. The quantitative estimate of drug-likeness (QED) is 0.581. The van der Waals surface area contributed by atoms with Gasteiger partial charge in [-0.2, -0.15) is 4.31 Å². The van der Waals surface area contributed by atoms with E-state index in [0.717, 1.165) is 11.1 Å². The van der Waals surface area contributed by atoms with Crippen LogP contribution in [0, 0.1) is 0 Å². The summed E-state index contributed by atoms with van der Waals surface area (Å²) in [6.07, 6.45) is 3.30. The normalized spacial score (nSPS) is 12.4. The van der Waals surface area contributed by atoms with Gasteiger partial charge >= 0.3 is 0 Å². The lowest BCUT2D eigenvalue weighted by Gasteiger charge is -2.20. The number of benzene rings is 2. The molecule has 0 aliphatic carbocycles. The van der Waals surface area contributed by atoms with Crippen molar-refractivity contribution in [3.63, 3.8) is 0 Å². The molecule has 1 N–H and O–H groups in total. The molecule has 3 rings (SSSR count). The van der Waals surface area contributed by atoms with Crippen LogP contribution in [0.1, 0.15) is 34.5 Å². The topological polar surface area (TPSA) is 88.6 Å². The van der Waals surface area contributed by atoms with Crippen LogP contribution >= 0.6 is 0 Å². The van der Waals surface area contributed by atoms with Crippen LogP contribution in [0.15, 0.2) is 78.0 Å². The van der Waals surface area contributed by atoms with E-state index in [1.165, 1.54) is 30.6 Å². The number of carbonyl (C=O) groups is 1. The number of pyridine rings is 1. The van der Waals surface area contributed by atoms with E-state index >= 15 is 0 Å². The van der Waals surface area contributed by atoms with Gasteiger partial charge in [0, 0.05) is 31.5 Å². The summed E-state index contributed by atoms with van der Waals surface area (Å²) in [4.78, 5) is 16.7. The highest BCUT2D eigenvalue weighted by atomic mass is 32.2. The third kappa shape index (κ3) is 5.28. The van der Waals surface area contributed by atoms with Gasteiger partial charge in [-0.15, -0.1) is 0 Å². The van der Waals surface area contributed by atoms with Gasteiger partial charge in [-0.25, -0.2) is 8.42 Å². The highest BCUT2D eigenvalue weighted by Crippen LogP contribution is 2.28. The number of sulfonamides is 1. The highest BCUT2D eigenvalue weighted by molar-refractivity contribution is 7.89. The molecule has 162 valence electrons. The largest absolute Gasteiger partial charge is 0.495 e. The van der Waals surface area contributed by atoms with Crippen molar-refractivity contribution < 1.29 is 17.9 Å². The lowest BCUT2D eigenvalue weighted by molar-refractivity contribution is 0.0939. The first-order valence-corrected chi connectivity index (χ1v) is 11.2. The van der Waals surface area contributed by atoms with Crippen LogP contribution in [-0.2, 0) is 16.6 Å². The molecule has 0 radical (unpaired) electrons. The van der Waals surface area contributed by atoms with Crippen molar-refractivity contribution >= 4 is 15.9 Å². The zero-order chi connectivity index (χ0) is 22.4. The van der Waals surface area contributed by atoms with Crippen molar-refractivity contribution in [2.24, 2.45) is 0 Å². The smallest absolute Gasteiger partial charge is 0.251 e. The Morgan fingerprint density at radius 2 is 1.77 bits per heavy atom. The van der Waals surface area contributed by atoms with E-state index in [2.05, 4.69) is 10.3 Å². The summed E-state index contributed by atoms with van der Waals surface area (Å²) in [6.45, 7) is 2.05. The van der Waals surface area contributed by atoms with Gasteiger partial charge in [0.15, 0.2) is 0 Å². The van der Waals surface area contributed by atoms with E-state index in [4.69, 9.17) is 4.74 Å². The van der Waals surface area contributed by atoms with Crippen LogP contribution in [-0.4, -0.2) is 37.8 Å². The van der Waals surface area contributed by atoms with Crippen molar-refractivity contribution in [3.05, 3.63) is 89.7 Å². The zero-order valence-corrected chi connectivity index (χ0v) is 18.5. The molecule has 7 nitrogen and oxygen atoms in total. The third-order valence-corrected chi connectivity index (χ3v) is 6.74. The predicted octanol–water partition coefficient (Wildman–Crippen LogP) is 3.40. The molecule has 1 aromatic heterocycles. The lowest BCUT2D eigenvalue weighted by Crippen LogP contribution is -2.29. The van der Waals surface area contributed by atoms with Crippen molar-refractivity contribution in [1.29, 1.82) is 0 Å². The molecule has 0 saturated carbocycles. The van der Waals surface area contributed by atoms with Crippen LogP contribution in [0.3, 0.4) is 0 Å². The number of aromatic nitrogens is 1. The number of nitrogens with one attached hydrogen (secondary N) is 1. The van der Waals surface area contributed by atoms with E-state index < -0.39 is 10.0 Å². The molecule has 3 aromatic rings. The Hall–Kier alpha value is -3.23. The van der Waals surface area contributed by atoms with Crippen molar-refractivity contribution in [2.75, 3.05) is 14.2 Å². The van der Waals surface area contributed by atoms with Gasteiger partial charge in [-0.3, -0.25) is 9.78 Å². The monoisotopic (exact) mass is 439 g/mol. The third-order valence-electron chi connectivity index (χ3n) is 4.92. The molecule has 1 atom stereocenters. The Bertz CT molecular complexity index is 1140. The predicted molar refractivity (Wildman–Crippen MR) is 118 cm³/mol. The summed E-state index contributed by atoms with van der Waals surface area (Å²) in [5.41, 5.74) is 1.98. The standard InChI is InChI=1S/C23H25N3O4S/c1-17(19-11-13-24-14-12-19)25-23(27)20-9-10-21(30-3)22(15-20)31(28,29)26(2)16-18-7-5-4-6-8-18/h4-15,17H,16H2,1-3H3,(H,25,27)/t17-/m0/s1. The highest BCUT2D eigenvalue weighted by Gasteiger charge is 2.26. The van der Waals surface area contributed by atoms with Crippen molar-refractivity contribution in [3.8, 4) is 5.75 Å². The average Bonchev–Trinajstić information content (AvgIpc) is 2.79. The van der Waals surface area contributed by atoms with Crippen LogP contribution in [0.25, 0.3) is 0 Å². The zero-order valence-electron chi connectivity index (χ0n) is 17.6. The number of rotatable bonds is 8. The summed E-state index contributed by atoms with van der Waals surface area (Å²) >= 11 is 0. The van der Waals surface area contributed by atoms with Crippen molar-refractivity contribution in [1.82, 2.24) is 14.6 Å². The second-order valence-corrected chi connectivity index (χ2v) is 9.10. The Morgan fingerprint density at radius 1 is 1.10 bits per heavy atom. The maximum atomic E-state index is 13.2. The van der Waals surface area contributed by atoms with E-state index in [9.17, 15) is 13.2 Å². The Morgan fingerprint density at radius 3 is 2.42 bits per heavy atom. The van der Waals surface area contributed by atoms with Gasteiger partial charge < -0.3 is 10.1 Å². The van der Waals surface area contributed by atoms with Gasteiger partial charge in [0.1, 0.15) is 10.6 Å². The van der Waals surface area contributed by atoms with E-state index in [1.54, 1.807) is 18.5 Å². The molecule has 0 aliphatic heterocycles. The lowest BCUT2D eigenvalue weighted by atomic mass is 10.1. The van der Waals surface area contributed by atoms with Gasteiger partial charge in [0.2, 0.25) is 10.0 Å². The number of hydrogen-bond acceptors (Lipinski definition) is 5. The first-order valence-electron chi connectivity index (χ1n) is 9.72. The fourth-order valence-corrected chi connectivity index (χ4v) is 4.46. The minimum absolute atomic E-state index is 0.0577. The minimum Gasteiger partial charge on any atom is -0.495 e. The van der Waals surface area contributed by atoms with Crippen LogP contribution in [0.2, 0.25) is 0 Å². The number of ether oxygens (including phenoxy) is 1. The summed E-state index contributed by atoms with van der Waals surface area (Å²) in [5, 5.41) is 2.88. The molecule has 1 amide bonds. The van der Waals surface area contributed by atoms with Gasteiger partial charge in [-0.05, 0) is 48.4 Å². The molecule has 31 heavy (non-hydrogen) atoms. The summed E-state index contributed by atoms with van der Waals surface area (Å²) < 4.78 is 33.0. The first-order chi connectivity index (χ1) is 14.8. The second kappa shape index (κ2) is 9.72. The van der Waals surface area contributed by atoms with Crippen LogP contribution in [0.5, 0.6) is 5.75 Å². The fraction of sp³-hybridized carbons (Fsp3) is 0.217. The molecule has 0 saturated heterocycles. The SMILES string of the molecule is COc1ccc(C(=O)N[C@@H](C)c2ccncc2)cc1S(=O)(=O)N(C)Cc1ccccc1. The van der Waals surface area contributed by atoms with E-state index in [0.29, 0.717) is 0 Å². The molecule has 0 aliphatic rings. The maximum absolute atomic E-state index is 13.2. The number of nitrogens with zero attached hydrogens (tertiary/aromatic N) is 2. The maximum Gasteiger partial charge on any atom is 0.251 e. The van der Waals surface area contributed by atoms with Crippen molar-refractivity contribution in [2.45, 2.75) is 24.4 Å². The van der Waals surface area contributed by atoms with E-state index in [1.807, 2.05) is 49.4 Å². The Kier molecular flexibility index (Phi) is 7.04. The van der Waals surface area contributed by atoms with Crippen LogP contribution in [0.4, 0.5) is 0 Å². The van der Waals surface area contributed by atoms with Gasteiger partial charge in [0.05, 0.1) is 13.2 Å². The molecule has 0 fully saturated rings. The number of carbonyl (C=O) groups excluding carboxylic acids is 1. The molecular formula is C23H25N3O4S. The second-order valence-electron chi connectivity index (χ2n) is 7.09. The molecule has 0 unspecified atom stereocenters. The molecule has 1 heterocycles. The average molecular weight is 440 g/mol. The summed E-state index contributed by atoms with van der Waals surface area (Å²) in [5.74, 6) is -0.201. The Balaban J connectivity index is 1.86. The van der Waals surface area contributed by atoms with Crippen LogP contribution < -0.4 is 10.1 Å². The number of amides is 1. The molecule has 0 spiro atoms. The molecule has 8 heteroatoms. The summed E-state index contributed by atoms with van der Waals surface area (Å²) in [7, 11) is -0.997. The number of hydrogen-bond donors (Lipinski definition) is 1. The minimum atomic E-state index is -3.90. The molecule has 2 aromatic carbocycles. The molecule has 0 bridgehead atoms. The first kappa shape index (κ1) is 22.5. The van der Waals surface area contributed by atoms with E-state index in [-0.39, 0.29) is 34.7 Å². The Labute approximate surface area is 182 Å². The fourth-order valence-electron chi connectivity index (χ4n) is 3.13.